The molecule has 26 heavy (non-hydrogen) atoms. The molecule has 2 aromatic carbocycles. The van der Waals surface area contributed by atoms with Crippen molar-refractivity contribution in [3.05, 3.63) is 70.0 Å². The number of alkyl carbamates (subject to hydrolysis) is 1. The number of benzene rings is 2. The highest BCUT2D eigenvalue weighted by molar-refractivity contribution is 6.31. The van der Waals surface area contributed by atoms with Crippen LogP contribution in [0.4, 0.5) is 9.18 Å². The average Bonchev–Trinajstić information content (AvgIpc) is 2.63. The molecule has 0 fully saturated rings. The number of hydrogen-bond acceptors (Lipinski definition) is 4. The molecule has 0 radical (unpaired) electrons. The Labute approximate surface area is 156 Å². The molecule has 0 saturated carbocycles. The first-order chi connectivity index (χ1) is 12.4. The number of nitrogens with one attached hydrogen (secondary N) is 1. The summed E-state index contributed by atoms with van der Waals surface area (Å²) in [6.07, 6.45) is -3.28. The Balaban J connectivity index is 1.78. The van der Waals surface area contributed by atoms with Crippen LogP contribution in [-0.4, -0.2) is 29.0 Å². The lowest BCUT2D eigenvalue weighted by atomic mass is 10.00. The minimum Gasteiger partial charge on any atom is -0.445 e. The summed E-state index contributed by atoms with van der Waals surface area (Å²) >= 11 is 5.82. The summed E-state index contributed by atoms with van der Waals surface area (Å²) in [7, 11) is 0. The summed E-state index contributed by atoms with van der Waals surface area (Å²) in [5.41, 5.74) is 1.41. The maximum atomic E-state index is 13.9. The van der Waals surface area contributed by atoms with Crippen LogP contribution in [0.2, 0.25) is 5.02 Å². The molecule has 0 spiro atoms. The van der Waals surface area contributed by atoms with Gasteiger partial charge in [-0.2, -0.15) is 0 Å². The molecule has 2 aromatic rings. The first-order valence-corrected chi connectivity index (χ1v) is 8.52. The molecule has 2 atom stereocenters. The van der Waals surface area contributed by atoms with E-state index in [-0.39, 0.29) is 30.2 Å². The van der Waals surface area contributed by atoms with Gasteiger partial charge in [0.25, 0.3) is 0 Å². The van der Waals surface area contributed by atoms with E-state index < -0.39 is 24.1 Å². The zero-order valence-corrected chi connectivity index (χ0v) is 15.0. The molecule has 1 amide bonds. The lowest BCUT2D eigenvalue weighted by Crippen LogP contribution is -2.30. The molecule has 0 aliphatic rings. The third-order valence-corrected chi connectivity index (χ3v) is 4.29. The fraction of sp³-hybridized carbons (Fsp3) is 0.316. The Morgan fingerprint density at radius 1 is 1.27 bits per heavy atom. The van der Waals surface area contributed by atoms with Gasteiger partial charge in [-0.3, -0.25) is 0 Å². The largest absolute Gasteiger partial charge is 0.445 e. The maximum absolute atomic E-state index is 13.9. The normalized spacial score (nSPS) is 13.1. The van der Waals surface area contributed by atoms with E-state index in [0.29, 0.717) is 5.56 Å². The molecule has 2 rings (SSSR count). The number of rotatable bonds is 7. The second-order valence-electron chi connectivity index (χ2n) is 5.91. The SMILES string of the molecule is Cc1cc(C(O)C(O)CCNC(=O)OCc2ccccc2)c(F)cc1Cl. The zero-order chi connectivity index (χ0) is 19.1. The number of carbonyl (C=O) groups is 1. The van der Waals surface area contributed by atoms with Gasteiger partial charge in [0.15, 0.2) is 0 Å². The Hall–Kier alpha value is -2.15. The highest BCUT2D eigenvalue weighted by Crippen LogP contribution is 2.27. The van der Waals surface area contributed by atoms with Crippen LogP contribution in [0.3, 0.4) is 0 Å². The standard InChI is InChI=1S/C19H21ClFNO4/c1-12-9-14(16(21)10-15(12)20)18(24)17(23)7-8-22-19(25)26-11-13-5-3-2-4-6-13/h2-6,9-10,17-18,23-24H,7-8,11H2,1H3,(H,22,25). The molecular formula is C19H21ClFNO4. The van der Waals surface area contributed by atoms with Crippen molar-refractivity contribution in [1.82, 2.24) is 5.32 Å². The van der Waals surface area contributed by atoms with Gasteiger partial charge in [-0.1, -0.05) is 41.9 Å². The van der Waals surface area contributed by atoms with E-state index in [9.17, 15) is 19.4 Å². The monoisotopic (exact) mass is 381 g/mol. The van der Waals surface area contributed by atoms with Crippen LogP contribution in [0.5, 0.6) is 0 Å². The maximum Gasteiger partial charge on any atom is 0.407 e. The second kappa shape index (κ2) is 9.52. The molecule has 140 valence electrons. The number of aliphatic hydroxyl groups is 2. The summed E-state index contributed by atoms with van der Waals surface area (Å²) in [6.45, 7) is 1.88. The predicted molar refractivity (Wildman–Crippen MR) is 96.4 cm³/mol. The fourth-order valence-corrected chi connectivity index (χ4v) is 2.52. The lowest BCUT2D eigenvalue weighted by Gasteiger charge is -2.19. The van der Waals surface area contributed by atoms with Gasteiger partial charge in [-0.25, -0.2) is 9.18 Å². The molecule has 5 nitrogen and oxygen atoms in total. The smallest absolute Gasteiger partial charge is 0.407 e. The molecule has 0 heterocycles. The molecule has 2 unspecified atom stereocenters. The minimum absolute atomic E-state index is 0.0305. The molecule has 0 aliphatic heterocycles. The number of amides is 1. The Kier molecular flexibility index (Phi) is 7.38. The van der Waals surface area contributed by atoms with E-state index in [4.69, 9.17) is 16.3 Å². The van der Waals surface area contributed by atoms with Crippen LogP contribution in [0, 0.1) is 12.7 Å². The van der Waals surface area contributed by atoms with Crippen molar-refractivity contribution >= 4 is 17.7 Å². The zero-order valence-electron chi connectivity index (χ0n) is 14.3. The molecule has 0 aromatic heterocycles. The fourth-order valence-electron chi connectivity index (χ4n) is 2.37. The van der Waals surface area contributed by atoms with Gasteiger partial charge >= 0.3 is 6.09 Å². The predicted octanol–water partition coefficient (Wildman–Crippen LogP) is 3.50. The van der Waals surface area contributed by atoms with Crippen molar-refractivity contribution in [2.24, 2.45) is 0 Å². The van der Waals surface area contributed by atoms with E-state index in [1.807, 2.05) is 30.3 Å². The van der Waals surface area contributed by atoms with E-state index in [1.54, 1.807) is 6.92 Å². The van der Waals surface area contributed by atoms with Gasteiger partial charge < -0.3 is 20.3 Å². The molecule has 3 N–H and O–H groups in total. The van der Waals surface area contributed by atoms with Gasteiger partial charge in [0.2, 0.25) is 0 Å². The summed E-state index contributed by atoms with van der Waals surface area (Å²) in [5, 5.41) is 22.9. The number of aliphatic hydroxyl groups excluding tert-OH is 2. The number of carbonyl (C=O) groups excluding carboxylic acids is 1. The molecule has 0 saturated heterocycles. The molecule has 0 bridgehead atoms. The van der Waals surface area contributed by atoms with Crippen LogP contribution in [0.25, 0.3) is 0 Å². The molecular weight excluding hydrogens is 361 g/mol. The summed E-state index contributed by atoms with van der Waals surface area (Å²) in [6, 6.07) is 11.7. The van der Waals surface area contributed by atoms with Crippen molar-refractivity contribution in [1.29, 1.82) is 0 Å². The van der Waals surface area contributed by atoms with E-state index in [0.717, 1.165) is 11.6 Å². The average molecular weight is 382 g/mol. The van der Waals surface area contributed by atoms with Gasteiger partial charge in [-0.15, -0.1) is 0 Å². The van der Waals surface area contributed by atoms with Crippen LogP contribution in [0.1, 0.15) is 29.2 Å². The highest BCUT2D eigenvalue weighted by atomic mass is 35.5. The van der Waals surface area contributed by atoms with Crippen molar-refractivity contribution in [2.45, 2.75) is 32.2 Å². The highest BCUT2D eigenvalue weighted by Gasteiger charge is 2.22. The van der Waals surface area contributed by atoms with Crippen molar-refractivity contribution in [3.8, 4) is 0 Å². The van der Waals surface area contributed by atoms with Crippen LogP contribution < -0.4 is 5.32 Å². The summed E-state index contributed by atoms with van der Waals surface area (Å²) < 4.78 is 18.9. The van der Waals surface area contributed by atoms with Crippen molar-refractivity contribution in [3.63, 3.8) is 0 Å². The van der Waals surface area contributed by atoms with Gasteiger partial charge in [0.05, 0.1) is 6.10 Å². The van der Waals surface area contributed by atoms with Gasteiger partial charge in [0, 0.05) is 17.1 Å². The topological polar surface area (TPSA) is 78.8 Å². The first kappa shape index (κ1) is 20.2. The summed E-state index contributed by atoms with van der Waals surface area (Å²) in [5.74, 6) is -0.692. The Morgan fingerprint density at radius 2 is 1.96 bits per heavy atom. The third-order valence-electron chi connectivity index (χ3n) is 3.88. The second-order valence-corrected chi connectivity index (χ2v) is 6.32. The minimum atomic E-state index is -1.42. The Morgan fingerprint density at radius 3 is 2.65 bits per heavy atom. The van der Waals surface area contributed by atoms with Crippen LogP contribution >= 0.6 is 11.6 Å². The van der Waals surface area contributed by atoms with Gasteiger partial charge in [0.1, 0.15) is 18.5 Å². The quantitative estimate of drug-likeness (QED) is 0.686. The van der Waals surface area contributed by atoms with E-state index >= 15 is 0 Å². The lowest BCUT2D eigenvalue weighted by molar-refractivity contribution is 0.0116. The number of hydrogen-bond donors (Lipinski definition) is 3. The Bertz CT molecular complexity index is 742. The number of halogens is 2. The molecule has 0 aliphatic carbocycles. The molecule has 7 heteroatoms. The van der Waals surface area contributed by atoms with Crippen molar-refractivity contribution in [2.75, 3.05) is 6.54 Å². The number of aryl methyl sites for hydroxylation is 1. The third kappa shape index (κ3) is 5.69. The number of ether oxygens (including phenoxy) is 1. The van der Waals surface area contributed by atoms with E-state index in [2.05, 4.69) is 5.32 Å². The summed E-state index contributed by atoms with van der Waals surface area (Å²) in [4.78, 5) is 11.6. The van der Waals surface area contributed by atoms with Crippen molar-refractivity contribution < 1.29 is 24.1 Å². The van der Waals surface area contributed by atoms with Crippen LogP contribution in [0.15, 0.2) is 42.5 Å². The van der Waals surface area contributed by atoms with E-state index in [1.165, 1.54) is 6.07 Å². The first-order valence-electron chi connectivity index (χ1n) is 8.14. The van der Waals surface area contributed by atoms with Gasteiger partial charge in [-0.05, 0) is 36.6 Å². The van der Waals surface area contributed by atoms with Crippen LogP contribution in [-0.2, 0) is 11.3 Å².